The molecule has 0 aliphatic heterocycles. The minimum atomic E-state index is 0.448. The summed E-state index contributed by atoms with van der Waals surface area (Å²) in [5.41, 5.74) is 4.12. The zero-order chi connectivity index (χ0) is 16.2. The van der Waals surface area contributed by atoms with Crippen LogP contribution in [0.2, 0.25) is 5.15 Å². The second-order valence-electron chi connectivity index (χ2n) is 5.39. The van der Waals surface area contributed by atoms with Gasteiger partial charge in [0.1, 0.15) is 5.15 Å². The number of rotatable bonds is 5. The Kier molecular flexibility index (Phi) is 4.57. The van der Waals surface area contributed by atoms with Crippen molar-refractivity contribution in [1.82, 2.24) is 15.0 Å². The van der Waals surface area contributed by atoms with Gasteiger partial charge in [-0.2, -0.15) is 0 Å². The van der Waals surface area contributed by atoms with Crippen molar-refractivity contribution in [3.63, 3.8) is 0 Å². The van der Waals surface area contributed by atoms with Crippen LogP contribution in [-0.2, 0) is 0 Å². The number of benzene rings is 1. The van der Waals surface area contributed by atoms with E-state index in [2.05, 4.69) is 50.7 Å². The highest BCUT2D eigenvalue weighted by atomic mass is 35.5. The van der Waals surface area contributed by atoms with Gasteiger partial charge in [0.2, 0.25) is 5.95 Å². The standard InChI is InChI=1S/C17H18ClN5/c1-11-3-4-13-14(5-6-19-15(13)9-11)20-7-8-21-17-22-12(2)10-16(18)23-17/h3-6,9-10H,7-8H2,1-2H3,(H,19,20)(H,21,22,23). The molecule has 3 aromatic rings. The van der Waals surface area contributed by atoms with Gasteiger partial charge >= 0.3 is 0 Å². The second kappa shape index (κ2) is 6.79. The molecule has 0 fully saturated rings. The molecule has 2 heterocycles. The number of aryl methyl sites for hydroxylation is 2. The van der Waals surface area contributed by atoms with Crippen molar-refractivity contribution in [2.45, 2.75) is 13.8 Å². The minimum absolute atomic E-state index is 0.448. The van der Waals surface area contributed by atoms with E-state index in [4.69, 9.17) is 11.6 Å². The quantitative estimate of drug-likeness (QED) is 0.551. The van der Waals surface area contributed by atoms with E-state index in [-0.39, 0.29) is 0 Å². The highest BCUT2D eigenvalue weighted by Crippen LogP contribution is 2.22. The summed E-state index contributed by atoms with van der Waals surface area (Å²) >= 11 is 5.92. The lowest BCUT2D eigenvalue weighted by Crippen LogP contribution is -2.15. The molecule has 0 aliphatic rings. The van der Waals surface area contributed by atoms with Crippen LogP contribution < -0.4 is 10.6 Å². The van der Waals surface area contributed by atoms with Gasteiger partial charge in [0, 0.05) is 36.1 Å². The van der Waals surface area contributed by atoms with Crippen molar-refractivity contribution in [1.29, 1.82) is 0 Å². The molecule has 1 aromatic carbocycles. The first kappa shape index (κ1) is 15.5. The van der Waals surface area contributed by atoms with Crippen LogP contribution in [0.3, 0.4) is 0 Å². The van der Waals surface area contributed by atoms with Crippen LogP contribution in [0.15, 0.2) is 36.5 Å². The van der Waals surface area contributed by atoms with Crippen molar-refractivity contribution < 1.29 is 0 Å². The van der Waals surface area contributed by atoms with Crippen molar-refractivity contribution in [3.05, 3.63) is 52.9 Å². The van der Waals surface area contributed by atoms with E-state index in [1.165, 1.54) is 5.56 Å². The molecule has 0 unspecified atom stereocenters. The molecule has 118 valence electrons. The first-order valence-corrected chi connectivity index (χ1v) is 7.84. The molecule has 5 nitrogen and oxygen atoms in total. The average Bonchev–Trinajstić information content (AvgIpc) is 2.50. The molecule has 0 saturated heterocycles. The lowest BCUT2D eigenvalue weighted by atomic mass is 10.1. The van der Waals surface area contributed by atoms with Crippen LogP contribution in [0.5, 0.6) is 0 Å². The van der Waals surface area contributed by atoms with Crippen molar-refractivity contribution in [3.8, 4) is 0 Å². The van der Waals surface area contributed by atoms with Crippen molar-refractivity contribution >= 4 is 34.1 Å². The van der Waals surface area contributed by atoms with Gasteiger partial charge in [0.15, 0.2) is 0 Å². The molecule has 0 radical (unpaired) electrons. The van der Waals surface area contributed by atoms with Gasteiger partial charge in [-0.15, -0.1) is 0 Å². The Balaban J connectivity index is 1.63. The molecule has 6 heteroatoms. The lowest BCUT2D eigenvalue weighted by Gasteiger charge is -2.11. The summed E-state index contributed by atoms with van der Waals surface area (Å²) in [6.07, 6.45) is 1.82. The fraction of sp³-hybridized carbons (Fsp3) is 0.235. The molecule has 2 aromatic heterocycles. The van der Waals surface area contributed by atoms with Gasteiger partial charge < -0.3 is 10.6 Å². The topological polar surface area (TPSA) is 62.7 Å². The molecular formula is C17H18ClN5. The van der Waals surface area contributed by atoms with E-state index in [9.17, 15) is 0 Å². The lowest BCUT2D eigenvalue weighted by molar-refractivity contribution is 1.01. The van der Waals surface area contributed by atoms with Crippen LogP contribution in [0, 0.1) is 13.8 Å². The predicted molar refractivity (Wildman–Crippen MR) is 95.2 cm³/mol. The third-order valence-corrected chi connectivity index (χ3v) is 3.64. The van der Waals surface area contributed by atoms with Crippen LogP contribution in [0.4, 0.5) is 11.6 Å². The van der Waals surface area contributed by atoms with E-state index in [1.54, 1.807) is 6.07 Å². The number of hydrogen-bond donors (Lipinski definition) is 2. The zero-order valence-corrected chi connectivity index (χ0v) is 13.9. The number of nitrogens with one attached hydrogen (secondary N) is 2. The van der Waals surface area contributed by atoms with Gasteiger partial charge in [-0.3, -0.25) is 4.98 Å². The van der Waals surface area contributed by atoms with E-state index < -0.39 is 0 Å². The normalized spacial score (nSPS) is 10.7. The van der Waals surface area contributed by atoms with Crippen molar-refractivity contribution in [2.24, 2.45) is 0 Å². The maximum Gasteiger partial charge on any atom is 0.224 e. The molecule has 2 N–H and O–H groups in total. The molecule has 3 rings (SSSR count). The Hall–Kier alpha value is -2.40. The van der Waals surface area contributed by atoms with Gasteiger partial charge in [-0.25, -0.2) is 9.97 Å². The van der Waals surface area contributed by atoms with Crippen LogP contribution in [0.1, 0.15) is 11.3 Å². The fourth-order valence-electron chi connectivity index (χ4n) is 2.39. The van der Waals surface area contributed by atoms with Gasteiger partial charge in [-0.1, -0.05) is 23.7 Å². The maximum atomic E-state index is 5.92. The Labute approximate surface area is 140 Å². The SMILES string of the molecule is Cc1ccc2c(NCCNc3nc(C)cc(Cl)n3)ccnc2c1. The Morgan fingerprint density at radius 1 is 1.00 bits per heavy atom. The zero-order valence-electron chi connectivity index (χ0n) is 13.1. The summed E-state index contributed by atoms with van der Waals surface area (Å²) in [6.45, 7) is 5.39. The average molecular weight is 328 g/mol. The van der Waals surface area contributed by atoms with E-state index >= 15 is 0 Å². The van der Waals surface area contributed by atoms with Crippen LogP contribution in [0.25, 0.3) is 10.9 Å². The molecule has 0 bridgehead atoms. The largest absolute Gasteiger partial charge is 0.383 e. The van der Waals surface area contributed by atoms with Gasteiger partial charge in [0.05, 0.1) is 5.52 Å². The summed E-state index contributed by atoms with van der Waals surface area (Å²) in [7, 11) is 0. The summed E-state index contributed by atoms with van der Waals surface area (Å²) in [5, 5.41) is 8.15. The van der Waals surface area contributed by atoms with Gasteiger partial charge in [-0.05, 0) is 37.6 Å². The molecule has 0 atom stereocenters. The smallest absolute Gasteiger partial charge is 0.224 e. The number of hydrogen-bond acceptors (Lipinski definition) is 5. The fourth-order valence-corrected chi connectivity index (χ4v) is 2.63. The van der Waals surface area contributed by atoms with Crippen molar-refractivity contribution in [2.75, 3.05) is 23.7 Å². The highest BCUT2D eigenvalue weighted by Gasteiger charge is 2.03. The summed E-state index contributed by atoms with van der Waals surface area (Å²) in [5.74, 6) is 0.548. The Morgan fingerprint density at radius 2 is 1.83 bits per heavy atom. The predicted octanol–water partition coefficient (Wildman–Crippen LogP) is 3.82. The summed E-state index contributed by atoms with van der Waals surface area (Å²) in [6, 6.07) is 9.99. The first-order chi connectivity index (χ1) is 11.1. The minimum Gasteiger partial charge on any atom is -0.383 e. The van der Waals surface area contributed by atoms with Gasteiger partial charge in [0.25, 0.3) is 0 Å². The molecule has 0 saturated carbocycles. The summed E-state index contributed by atoms with van der Waals surface area (Å²) < 4.78 is 0. The number of aromatic nitrogens is 3. The summed E-state index contributed by atoms with van der Waals surface area (Å²) in [4.78, 5) is 12.8. The number of fused-ring (bicyclic) bond motifs is 1. The first-order valence-electron chi connectivity index (χ1n) is 7.46. The third kappa shape index (κ3) is 3.87. The number of anilines is 2. The highest BCUT2D eigenvalue weighted by molar-refractivity contribution is 6.29. The molecule has 23 heavy (non-hydrogen) atoms. The van der Waals surface area contributed by atoms with E-state index in [0.29, 0.717) is 17.6 Å². The second-order valence-corrected chi connectivity index (χ2v) is 5.78. The third-order valence-electron chi connectivity index (χ3n) is 3.44. The molecule has 0 aliphatic carbocycles. The van der Waals surface area contributed by atoms with Crippen LogP contribution >= 0.6 is 11.6 Å². The Bertz CT molecular complexity index is 814. The molecular weight excluding hydrogens is 310 g/mol. The number of nitrogens with zero attached hydrogens (tertiary/aromatic N) is 3. The number of pyridine rings is 1. The molecule has 0 spiro atoms. The maximum absolute atomic E-state index is 5.92. The molecule has 0 amide bonds. The Morgan fingerprint density at radius 3 is 2.65 bits per heavy atom. The van der Waals surface area contributed by atoms with E-state index in [1.807, 2.05) is 19.2 Å². The van der Waals surface area contributed by atoms with Crippen LogP contribution in [-0.4, -0.2) is 28.0 Å². The van der Waals surface area contributed by atoms with E-state index in [0.717, 1.165) is 28.8 Å². The number of halogens is 1. The monoisotopic (exact) mass is 327 g/mol.